The van der Waals surface area contributed by atoms with Gasteiger partial charge in [-0.1, -0.05) is 54.6 Å². The number of benzene rings is 2. The molecule has 0 aliphatic rings. The van der Waals surface area contributed by atoms with Gasteiger partial charge in [0.15, 0.2) is 0 Å². The molecule has 0 N–H and O–H groups in total. The predicted octanol–water partition coefficient (Wildman–Crippen LogP) is 3.96. The Kier molecular flexibility index (Phi) is 2.64. The van der Waals surface area contributed by atoms with Crippen molar-refractivity contribution in [2.75, 3.05) is 0 Å². The van der Waals surface area contributed by atoms with Gasteiger partial charge >= 0.3 is 0 Å². The van der Waals surface area contributed by atoms with Crippen LogP contribution in [0.25, 0.3) is 10.8 Å². The van der Waals surface area contributed by atoms with Gasteiger partial charge in [0.25, 0.3) is 0 Å². The lowest BCUT2D eigenvalue weighted by Gasteiger charge is -2.03. The van der Waals surface area contributed by atoms with Crippen molar-refractivity contribution >= 4 is 10.8 Å². The Bertz CT molecular complexity index is 447. The molecule has 2 aromatic carbocycles. The summed E-state index contributed by atoms with van der Waals surface area (Å²) in [6, 6.07) is 15.0. The van der Waals surface area contributed by atoms with Crippen molar-refractivity contribution in [2.24, 2.45) is 0 Å². The molecular weight excluding hydrogens is 168 g/mol. The standard InChI is InChI=1S/C14H14/c1-2-3-7-12-9-6-10-13-8-4-5-11-14(12)13/h2-6,8-11H,7H2,1H3/b3-2+. The number of allylic oxidation sites excluding steroid dienone is 2. The summed E-state index contributed by atoms with van der Waals surface area (Å²) in [5, 5.41) is 2.70. The molecule has 2 rings (SSSR count). The van der Waals surface area contributed by atoms with Crippen LogP contribution in [0, 0.1) is 0 Å². The van der Waals surface area contributed by atoms with Gasteiger partial charge in [-0.25, -0.2) is 0 Å². The molecule has 0 spiro atoms. The van der Waals surface area contributed by atoms with Gasteiger partial charge in [0.05, 0.1) is 0 Å². The Morgan fingerprint density at radius 3 is 2.64 bits per heavy atom. The molecule has 0 aliphatic heterocycles. The molecule has 0 atom stereocenters. The van der Waals surface area contributed by atoms with Crippen LogP contribution in [0.3, 0.4) is 0 Å². The highest BCUT2D eigenvalue weighted by Crippen LogP contribution is 2.18. The molecule has 0 amide bonds. The molecule has 0 fully saturated rings. The van der Waals surface area contributed by atoms with Crippen molar-refractivity contribution in [1.82, 2.24) is 0 Å². The van der Waals surface area contributed by atoms with Crippen LogP contribution in [-0.2, 0) is 6.42 Å². The lowest BCUT2D eigenvalue weighted by Crippen LogP contribution is -1.83. The minimum atomic E-state index is 1.03. The van der Waals surface area contributed by atoms with Crippen molar-refractivity contribution in [3.8, 4) is 0 Å². The van der Waals surface area contributed by atoms with Crippen LogP contribution in [0.1, 0.15) is 12.5 Å². The van der Waals surface area contributed by atoms with Crippen LogP contribution in [-0.4, -0.2) is 0 Å². The molecule has 0 heteroatoms. The first-order valence-electron chi connectivity index (χ1n) is 4.99. The first kappa shape index (κ1) is 9.01. The molecule has 0 aliphatic carbocycles. The lowest BCUT2D eigenvalue weighted by molar-refractivity contribution is 1.29. The first-order chi connectivity index (χ1) is 6.92. The first-order valence-corrected chi connectivity index (χ1v) is 4.99. The molecule has 0 heterocycles. The zero-order valence-electron chi connectivity index (χ0n) is 8.40. The molecule has 0 nitrogen and oxygen atoms in total. The van der Waals surface area contributed by atoms with E-state index >= 15 is 0 Å². The predicted molar refractivity (Wildman–Crippen MR) is 62.5 cm³/mol. The summed E-state index contributed by atoms with van der Waals surface area (Å²) in [4.78, 5) is 0. The zero-order valence-corrected chi connectivity index (χ0v) is 8.40. The zero-order chi connectivity index (χ0) is 9.80. The summed E-state index contributed by atoms with van der Waals surface area (Å²) in [6.07, 6.45) is 5.32. The van der Waals surface area contributed by atoms with Crippen LogP contribution >= 0.6 is 0 Å². The fraction of sp³-hybridized carbons (Fsp3) is 0.143. The van der Waals surface area contributed by atoms with E-state index in [4.69, 9.17) is 0 Å². The molecule has 0 saturated carbocycles. The fourth-order valence-electron chi connectivity index (χ4n) is 1.72. The van der Waals surface area contributed by atoms with E-state index in [-0.39, 0.29) is 0 Å². The van der Waals surface area contributed by atoms with Crippen LogP contribution in [0.15, 0.2) is 54.6 Å². The van der Waals surface area contributed by atoms with Gasteiger partial charge in [0, 0.05) is 0 Å². The maximum Gasteiger partial charge on any atom is -0.00914 e. The smallest absolute Gasteiger partial charge is 0.00914 e. The van der Waals surface area contributed by atoms with E-state index in [9.17, 15) is 0 Å². The van der Waals surface area contributed by atoms with Gasteiger partial charge < -0.3 is 0 Å². The van der Waals surface area contributed by atoms with Gasteiger partial charge in [0.1, 0.15) is 0 Å². The second-order valence-corrected chi connectivity index (χ2v) is 3.41. The molecule has 0 saturated heterocycles. The number of fused-ring (bicyclic) bond motifs is 1. The van der Waals surface area contributed by atoms with Crippen LogP contribution in [0.5, 0.6) is 0 Å². The summed E-state index contributed by atoms with van der Waals surface area (Å²) >= 11 is 0. The van der Waals surface area contributed by atoms with Crippen molar-refractivity contribution < 1.29 is 0 Å². The van der Waals surface area contributed by atoms with E-state index in [2.05, 4.69) is 61.5 Å². The number of hydrogen-bond acceptors (Lipinski definition) is 0. The third-order valence-electron chi connectivity index (χ3n) is 2.45. The van der Waals surface area contributed by atoms with Crippen molar-refractivity contribution in [3.05, 3.63) is 60.2 Å². The largest absolute Gasteiger partial charge is 0.0913 e. The quantitative estimate of drug-likeness (QED) is 0.617. The molecule has 0 unspecified atom stereocenters. The summed E-state index contributed by atoms with van der Waals surface area (Å²) in [5.74, 6) is 0. The van der Waals surface area contributed by atoms with E-state index in [1.165, 1.54) is 16.3 Å². The molecular formula is C14H14. The second-order valence-electron chi connectivity index (χ2n) is 3.41. The monoisotopic (exact) mass is 182 g/mol. The van der Waals surface area contributed by atoms with Gasteiger partial charge in [-0.05, 0) is 29.7 Å². The average Bonchev–Trinajstić information content (AvgIpc) is 2.26. The summed E-state index contributed by atoms with van der Waals surface area (Å²) < 4.78 is 0. The van der Waals surface area contributed by atoms with E-state index in [1.54, 1.807) is 0 Å². The normalized spacial score (nSPS) is 11.2. The van der Waals surface area contributed by atoms with Gasteiger partial charge in [-0.15, -0.1) is 0 Å². The molecule has 2 aromatic rings. The van der Waals surface area contributed by atoms with Crippen LogP contribution in [0.2, 0.25) is 0 Å². The molecule has 70 valence electrons. The Morgan fingerprint density at radius 2 is 1.79 bits per heavy atom. The highest BCUT2D eigenvalue weighted by atomic mass is 14.0. The Balaban J connectivity index is 2.53. The third-order valence-corrected chi connectivity index (χ3v) is 2.45. The van der Waals surface area contributed by atoms with E-state index in [1.807, 2.05) is 0 Å². The summed E-state index contributed by atoms with van der Waals surface area (Å²) in [7, 11) is 0. The Labute approximate surface area is 84.9 Å². The number of hydrogen-bond donors (Lipinski definition) is 0. The minimum absolute atomic E-state index is 1.03. The van der Waals surface area contributed by atoms with Crippen LogP contribution in [0.4, 0.5) is 0 Å². The molecule has 0 bridgehead atoms. The maximum absolute atomic E-state index is 2.20. The van der Waals surface area contributed by atoms with Gasteiger partial charge in [-0.3, -0.25) is 0 Å². The van der Waals surface area contributed by atoms with E-state index < -0.39 is 0 Å². The van der Waals surface area contributed by atoms with E-state index in [0.717, 1.165) is 6.42 Å². The van der Waals surface area contributed by atoms with Crippen molar-refractivity contribution in [1.29, 1.82) is 0 Å². The van der Waals surface area contributed by atoms with Gasteiger partial charge in [0.2, 0.25) is 0 Å². The third kappa shape index (κ3) is 1.69. The van der Waals surface area contributed by atoms with Crippen LogP contribution < -0.4 is 0 Å². The topological polar surface area (TPSA) is 0 Å². The molecule has 14 heavy (non-hydrogen) atoms. The average molecular weight is 182 g/mol. The van der Waals surface area contributed by atoms with Crippen molar-refractivity contribution in [3.63, 3.8) is 0 Å². The SMILES string of the molecule is C/C=C/Cc1cccc2ccccc12. The highest BCUT2D eigenvalue weighted by Gasteiger charge is 1.96. The summed E-state index contributed by atoms with van der Waals surface area (Å²) in [5.41, 5.74) is 1.40. The maximum atomic E-state index is 2.20. The highest BCUT2D eigenvalue weighted by molar-refractivity contribution is 5.85. The van der Waals surface area contributed by atoms with E-state index in [0.29, 0.717) is 0 Å². The fourth-order valence-corrected chi connectivity index (χ4v) is 1.72. The van der Waals surface area contributed by atoms with Crippen molar-refractivity contribution in [2.45, 2.75) is 13.3 Å². The van der Waals surface area contributed by atoms with Gasteiger partial charge in [-0.2, -0.15) is 0 Å². The minimum Gasteiger partial charge on any atom is -0.0913 e. The molecule has 0 aromatic heterocycles. The Hall–Kier alpha value is -1.56. The Morgan fingerprint density at radius 1 is 1.00 bits per heavy atom. The lowest BCUT2D eigenvalue weighted by atomic mass is 10.0. The number of rotatable bonds is 2. The second kappa shape index (κ2) is 4.10. The summed E-state index contributed by atoms with van der Waals surface area (Å²) in [6.45, 7) is 2.06. The molecule has 0 radical (unpaired) electrons.